The number of amides is 1. The van der Waals surface area contributed by atoms with Crippen molar-refractivity contribution in [2.75, 3.05) is 37.6 Å². The molecule has 3 aromatic rings. The van der Waals surface area contributed by atoms with E-state index in [1.165, 1.54) is 12.1 Å². The number of aromatic nitrogens is 4. The summed E-state index contributed by atoms with van der Waals surface area (Å²) >= 11 is 0. The van der Waals surface area contributed by atoms with Crippen molar-refractivity contribution < 1.29 is 9.18 Å². The van der Waals surface area contributed by atoms with Crippen LogP contribution >= 0.6 is 24.0 Å². The Balaban J connectivity index is 0.00000306. The van der Waals surface area contributed by atoms with Gasteiger partial charge in [-0.25, -0.2) is 9.07 Å². The van der Waals surface area contributed by atoms with Gasteiger partial charge in [0.2, 0.25) is 5.91 Å². The maximum absolute atomic E-state index is 13.1. The second-order valence-electron chi connectivity index (χ2n) is 7.55. The maximum Gasteiger partial charge on any atom is 0.246 e. The molecule has 1 fully saturated rings. The average Bonchev–Trinajstić information content (AvgIpc) is 3.43. The lowest BCUT2D eigenvalue weighted by atomic mass is 10.3. The predicted octanol–water partition coefficient (Wildman–Crippen LogP) is 2.22. The molecule has 0 bridgehead atoms. The molecule has 1 amide bonds. The average molecular weight is 566 g/mol. The van der Waals surface area contributed by atoms with Crippen LogP contribution in [0.1, 0.15) is 12.6 Å². The predicted molar refractivity (Wildman–Crippen MR) is 136 cm³/mol. The van der Waals surface area contributed by atoms with Crippen molar-refractivity contribution in [3.63, 3.8) is 0 Å². The third kappa shape index (κ3) is 6.09. The van der Waals surface area contributed by atoms with Crippen LogP contribution in [0.3, 0.4) is 0 Å². The van der Waals surface area contributed by atoms with E-state index in [4.69, 9.17) is 4.99 Å². The van der Waals surface area contributed by atoms with E-state index in [2.05, 4.69) is 15.5 Å². The van der Waals surface area contributed by atoms with Gasteiger partial charge in [0, 0.05) is 52.0 Å². The molecular formula is C22H28FIN8O. The minimum Gasteiger partial charge on any atom is -0.357 e. The fourth-order valence-corrected chi connectivity index (χ4v) is 3.61. The number of benzene rings is 1. The quantitative estimate of drug-likeness (QED) is 0.281. The normalized spacial score (nSPS) is 14.4. The molecule has 1 aromatic carbocycles. The van der Waals surface area contributed by atoms with Crippen LogP contribution in [0.2, 0.25) is 0 Å². The molecule has 33 heavy (non-hydrogen) atoms. The highest BCUT2D eigenvalue weighted by Gasteiger charge is 2.27. The number of aliphatic imine (C=N–C) groups is 1. The van der Waals surface area contributed by atoms with Crippen LogP contribution in [0.4, 0.5) is 10.1 Å². The number of nitrogens with zero attached hydrogens (tertiary/aromatic N) is 7. The molecule has 1 aliphatic rings. The number of carbonyl (C=O) groups is 1. The highest BCUT2D eigenvalue weighted by atomic mass is 127. The Labute approximate surface area is 209 Å². The van der Waals surface area contributed by atoms with Gasteiger partial charge in [-0.15, -0.1) is 24.0 Å². The number of piperazine rings is 1. The number of hydrogen-bond acceptors (Lipinski definition) is 4. The van der Waals surface area contributed by atoms with E-state index in [0.29, 0.717) is 26.1 Å². The lowest BCUT2D eigenvalue weighted by Crippen LogP contribution is -2.55. The molecule has 3 heterocycles. The van der Waals surface area contributed by atoms with Gasteiger partial charge in [-0.2, -0.15) is 10.2 Å². The molecular weight excluding hydrogens is 538 g/mol. The van der Waals surface area contributed by atoms with Gasteiger partial charge in [0.15, 0.2) is 5.96 Å². The van der Waals surface area contributed by atoms with Gasteiger partial charge in [-0.05, 0) is 37.3 Å². The summed E-state index contributed by atoms with van der Waals surface area (Å²) < 4.78 is 16.5. The van der Waals surface area contributed by atoms with Gasteiger partial charge in [0.25, 0.3) is 0 Å². The molecule has 4 rings (SSSR count). The standard InChI is InChI=1S/C22H27FN8O.HI/c1-3-24-22(29-12-13-30(21(32)16-29)20-14-26-28(2)15-20)25-10-8-18-9-11-31(27-18)19-6-4-17(23)5-7-19;/h4-7,9,11,14-15H,3,8,10,12-13,16H2,1-2H3,(H,24,25);1H. The molecule has 11 heteroatoms. The summed E-state index contributed by atoms with van der Waals surface area (Å²) in [5, 5.41) is 12.0. The Morgan fingerprint density at radius 1 is 1.18 bits per heavy atom. The Morgan fingerprint density at radius 3 is 2.64 bits per heavy atom. The summed E-state index contributed by atoms with van der Waals surface area (Å²) in [6.07, 6.45) is 6.07. The highest BCUT2D eigenvalue weighted by Crippen LogP contribution is 2.16. The second kappa shape index (κ2) is 11.3. The fraction of sp³-hybridized carbons (Fsp3) is 0.364. The van der Waals surface area contributed by atoms with Gasteiger partial charge < -0.3 is 15.1 Å². The zero-order valence-corrected chi connectivity index (χ0v) is 21.0. The third-order valence-electron chi connectivity index (χ3n) is 5.22. The molecule has 2 aromatic heterocycles. The molecule has 0 spiro atoms. The topological polar surface area (TPSA) is 83.6 Å². The minimum absolute atomic E-state index is 0. The number of nitrogens with one attached hydrogen (secondary N) is 1. The number of guanidine groups is 1. The zero-order valence-electron chi connectivity index (χ0n) is 18.7. The summed E-state index contributed by atoms with van der Waals surface area (Å²) in [4.78, 5) is 21.2. The Kier molecular flexibility index (Phi) is 8.42. The number of anilines is 1. The van der Waals surface area contributed by atoms with Crippen molar-refractivity contribution in [3.8, 4) is 5.69 Å². The Morgan fingerprint density at radius 2 is 1.97 bits per heavy atom. The summed E-state index contributed by atoms with van der Waals surface area (Å²) in [6, 6.07) is 8.14. The SMILES string of the molecule is CCNC(=NCCc1ccn(-c2ccc(F)cc2)n1)N1CCN(c2cnn(C)c2)C(=O)C1.I. The molecule has 0 radical (unpaired) electrons. The lowest BCUT2D eigenvalue weighted by Gasteiger charge is -2.35. The minimum atomic E-state index is -0.272. The molecule has 0 unspecified atom stereocenters. The molecule has 9 nitrogen and oxygen atoms in total. The molecule has 1 aliphatic heterocycles. The largest absolute Gasteiger partial charge is 0.357 e. The lowest BCUT2D eigenvalue weighted by molar-refractivity contribution is -0.120. The van der Waals surface area contributed by atoms with Crippen LogP contribution in [0.15, 0.2) is 53.9 Å². The summed E-state index contributed by atoms with van der Waals surface area (Å²) in [5.74, 6) is 0.476. The molecule has 0 aliphatic carbocycles. The van der Waals surface area contributed by atoms with E-state index in [-0.39, 0.29) is 42.2 Å². The van der Waals surface area contributed by atoms with E-state index >= 15 is 0 Å². The van der Waals surface area contributed by atoms with Crippen LogP contribution in [0.25, 0.3) is 5.69 Å². The van der Waals surface area contributed by atoms with Crippen LogP contribution in [-0.2, 0) is 18.3 Å². The van der Waals surface area contributed by atoms with Gasteiger partial charge in [-0.1, -0.05) is 0 Å². The van der Waals surface area contributed by atoms with Crippen LogP contribution in [0, 0.1) is 5.82 Å². The van der Waals surface area contributed by atoms with E-state index in [9.17, 15) is 9.18 Å². The van der Waals surface area contributed by atoms with Gasteiger partial charge >= 0.3 is 0 Å². The van der Waals surface area contributed by atoms with Crippen molar-refractivity contribution in [2.45, 2.75) is 13.3 Å². The first kappa shape index (κ1) is 24.7. The molecule has 1 saturated heterocycles. The smallest absolute Gasteiger partial charge is 0.246 e. The van der Waals surface area contributed by atoms with Crippen molar-refractivity contribution >= 4 is 41.5 Å². The summed E-state index contributed by atoms with van der Waals surface area (Å²) in [6.45, 7) is 4.80. The molecule has 0 saturated carbocycles. The first-order valence-electron chi connectivity index (χ1n) is 10.7. The molecule has 176 valence electrons. The second-order valence-corrected chi connectivity index (χ2v) is 7.55. The number of hydrogen-bond donors (Lipinski definition) is 1. The number of rotatable bonds is 6. The van der Waals surface area contributed by atoms with Crippen molar-refractivity contribution in [1.29, 1.82) is 0 Å². The Bertz CT molecular complexity index is 1090. The highest BCUT2D eigenvalue weighted by molar-refractivity contribution is 14.0. The molecule has 1 N–H and O–H groups in total. The van der Waals surface area contributed by atoms with Crippen molar-refractivity contribution in [2.24, 2.45) is 12.0 Å². The molecule has 0 atom stereocenters. The van der Waals surface area contributed by atoms with Crippen LogP contribution in [0.5, 0.6) is 0 Å². The van der Waals surface area contributed by atoms with Crippen molar-refractivity contribution in [3.05, 3.63) is 60.4 Å². The Hall–Kier alpha value is -2.96. The maximum atomic E-state index is 13.1. The van der Waals surface area contributed by atoms with Crippen LogP contribution < -0.4 is 10.2 Å². The summed E-state index contributed by atoms with van der Waals surface area (Å²) in [5.41, 5.74) is 2.52. The zero-order chi connectivity index (χ0) is 22.5. The van der Waals surface area contributed by atoms with Crippen molar-refractivity contribution in [1.82, 2.24) is 29.8 Å². The van der Waals surface area contributed by atoms with E-state index in [0.717, 1.165) is 29.6 Å². The summed E-state index contributed by atoms with van der Waals surface area (Å²) in [7, 11) is 1.84. The number of carbonyl (C=O) groups excluding carboxylic acids is 1. The van der Waals surface area contributed by atoms with E-state index < -0.39 is 0 Å². The van der Waals surface area contributed by atoms with Crippen LogP contribution in [-0.4, -0.2) is 69.1 Å². The third-order valence-corrected chi connectivity index (χ3v) is 5.22. The number of aryl methyl sites for hydroxylation is 1. The van der Waals surface area contributed by atoms with E-state index in [1.807, 2.05) is 37.3 Å². The fourth-order valence-electron chi connectivity index (χ4n) is 3.61. The van der Waals surface area contributed by atoms with Gasteiger partial charge in [-0.3, -0.25) is 14.5 Å². The first-order chi connectivity index (χ1) is 15.5. The van der Waals surface area contributed by atoms with Gasteiger partial charge in [0.1, 0.15) is 12.4 Å². The van der Waals surface area contributed by atoms with Gasteiger partial charge in [0.05, 0.1) is 23.3 Å². The monoisotopic (exact) mass is 566 g/mol. The first-order valence-corrected chi connectivity index (χ1v) is 10.7. The number of halogens is 2. The van der Waals surface area contributed by atoms with E-state index in [1.54, 1.807) is 32.6 Å².